The number of benzene rings is 1. The Bertz CT molecular complexity index is 941. The second-order valence-electron chi connectivity index (χ2n) is 5.54. The van der Waals surface area contributed by atoms with Crippen LogP contribution in [0.5, 0.6) is 0 Å². The molecule has 2 N–H and O–H groups in total. The van der Waals surface area contributed by atoms with Gasteiger partial charge in [-0.3, -0.25) is 9.59 Å². The summed E-state index contributed by atoms with van der Waals surface area (Å²) in [6, 6.07) is 12.5. The van der Waals surface area contributed by atoms with Crippen LogP contribution in [0.25, 0.3) is 0 Å². The summed E-state index contributed by atoms with van der Waals surface area (Å²) in [4.78, 5) is 24.7. The molecule has 0 aliphatic rings. The van der Waals surface area contributed by atoms with Crippen LogP contribution in [0.3, 0.4) is 0 Å². The number of hydrogen-bond acceptors (Lipinski definition) is 5. The van der Waals surface area contributed by atoms with Gasteiger partial charge in [-0.2, -0.15) is 5.10 Å². The van der Waals surface area contributed by atoms with E-state index in [0.717, 1.165) is 5.56 Å². The molecule has 2 heterocycles. The Balaban J connectivity index is 1.63. The van der Waals surface area contributed by atoms with Crippen LogP contribution in [0.2, 0.25) is 0 Å². The molecule has 3 rings (SSSR count). The fraction of sp³-hybridized carbons (Fsp3) is 0.105. The number of thiophene rings is 1. The van der Waals surface area contributed by atoms with Crippen molar-refractivity contribution < 1.29 is 14.0 Å². The van der Waals surface area contributed by atoms with Gasteiger partial charge in [0, 0.05) is 5.69 Å². The molecule has 0 saturated carbocycles. The second kappa shape index (κ2) is 7.79. The molecule has 0 saturated heterocycles. The Labute approximate surface area is 154 Å². The number of hydrogen-bond donors (Lipinski definition) is 2. The third-order valence-corrected chi connectivity index (χ3v) is 4.60. The predicted octanol–water partition coefficient (Wildman–Crippen LogP) is 4.06. The van der Waals surface area contributed by atoms with E-state index in [9.17, 15) is 9.59 Å². The van der Waals surface area contributed by atoms with Gasteiger partial charge in [-0.15, -0.1) is 11.3 Å². The van der Waals surface area contributed by atoms with Crippen LogP contribution in [-0.2, 0) is 0 Å². The van der Waals surface area contributed by atoms with Crippen molar-refractivity contribution in [2.24, 2.45) is 5.10 Å². The largest absolute Gasteiger partial charge is 0.469 e. The van der Waals surface area contributed by atoms with Gasteiger partial charge in [0.25, 0.3) is 11.8 Å². The highest BCUT2D eigenvalue weighted by atomic mass is 32.1. The molecule has 0 aliphatic carbocycles. The van der Waals surface area contributed by atoms with Crippen molar-refractivity contribution in [1.82, 2.24) is 5.43 Å². The van der Waals surface area contributed by atoms with Crippen LogP contribution in [0.15, 0.2) is 63.6 Å². The molecule has 2 aromatic heterocycles. The number of nitrogens with zero attached hydrogens (tertiary/aromatic N) is 1. The van der Waals surface area contributed by atoms with Crippen LogP contribution < -0.4 is 10.7 Å². The molecular formula is C19H17N3O3S. The molecule has 3 aromatic rings. The Hall–Kier alpha value is -3.19. The first-order valence-corrected chi connectivity index (χ1v) is 8.76. The molecule has 1 aromatic carbocycles. The lowest BCUT2D eigenvalue weighted by Gasteiger charge is -2.06. The average Bonchev–Trinajstić information content (AvgIpc) is 3.31. The minimum atomic E-state index is -0.324. The van der Waals surface area contributed by atoms with E-state index in [-0.39, 0.29) is 11.8 Å². The lowest BCUT2D eigenvalue weighted by molar-refractivity contribution is 0.0952. The van der Waals surface area contributed by atoms with Crippen LogP contribution >= 0.6 is 11.3 Å². The van der Waals surface area contributed by atoms with E-state index in [1.165, 1.54) is 17.6 Å². The molecule has 0 fully saturated rings. The van der Waals surface area contributed by atoms with E-state index in [2.05, 4.69) is 15.8 Å². The SMILES string of the molecule is CC(=NNC(=O)c1ccoc1C)c1ccc(NC(=O)c2cccs2)cc1. The van der Waals surface area contributed by atoms with Gasteiger partial charge in [-0.05, 0) is 49.1 Å². The van der Waals surface area contributed by atoms with E-state index in [1.807, 2.05) is 23.6 Å². The molecule has 0 radical (unpaired) electrons. The lowest BCUT2D eigenvalue weighted by atomic mass is 10.1. The molecule has 132 valence electrons. The third kappa shape index (κ3) is 4.07. The normalized spacial score (nSPS) is 11.2. The van der Waals surface area contributed by atoms with Gasteiger partial charge in [-0.1, -0.05) is 18.2 Å². The number of carbonyl (C=O) groups is 2. The molecule has 0 bridgehead atoms. The standard InChI is InChI=1S/C19H17N3O3S/c1-12(21-22-18(23)16-9-10-25-13(16)2)14-5-7-15(8-6-14)20-19(24)17-4-3-11-26-17/h3-11H,1-2H3,(H,20,24)(H,22,23). The number of rotatable bonds is 5. The Morgan fingerprint density at radius 2 is 1.85 bits per heavy atom. The fourth-order valence-corrected chi connectivity index (χ4v) is 2.89. The van der Waals surface area contributed by atoms with E-state index in [1.54, 1.807) is 38.1 Å². The Kier molecular flexibility index (Phi) is 5.28. The molecule has 6 nitrogen and oxygen atoms in total. The van der Waals surface area contributed by atoms with E-state index < -0.39 is 0 Å². The fourth-order valence-electron chi connectivity index (χ4n) is 2.28. The van der Waals surface area contributed by atoms with E-state index in [4.69, 9.17) is 4.42 Å². The average molecular weight is 367 g/mol. The quantitative estimate of drug-likeness (QED) is 0.527. The van der Waals surface area contributed by atoms with Crippen molar-refractivity contribution in [2.45, 2.75) is 13.8 Å². The molecule has 0 spiro atoms. The van der Waals surface area contributed by atoms with Gasteiger partial charge in [0.15, 0.2) is 0 Å². The Morgan fingerprint density at radius 3 is 2.46 bits per heavy atom. The minimum absolute atomic E-state index is 0.138. The number of amides is 2. The maximum Gasteiger partial charge on any atom is 0.274 e. The summed E-state index contributed by atoms with van der Waals surface area (Å²) in [6.45, 7) is 3.51. The van der Waals surface area contributed by atoms with Gasteiger partial charge >= 0.3 is 0 Å². The second-order valence-corrected chi connectivity index (χ2v) is 6.49. The minimum Gasteiger partial charge on any atom is -0.469 e. The molecular weight excluding hydrogens is 350 g/mol. The van der Waals surface area contributed by atoms with E-state index in [0.29, 0.717) is 27.6 Å². The van der Waals surface area contributed by atoms with Crippen molar-refractivity contribution in [3.63, 3.8) is 0 Å². The summed E-state index contributed by atoms with van der Waals surface area (Å²) in [6.07, 6.45) is 1.46. The molecule has 0 atom stereocenters. The summed E-state index contributed by atoms with van der Waals surface area (Å²) >= 11 is 1.39. The first-order chi connectivity index (χ1) is 12.5. The van der Waals surface area contributed by atoms with E-state index >= 15 is 0 Å². The van der Waals surface area contributed by atoms with Crippen LogP contribution in [0, 0.1) is 6.92 Å². The smallest absolute Gasteiger partial charge is 0.274 e. The topological polar surface area (TPSA) is 83.7 Å². The predicted molar refractivity (Wildman–Crippen MR) is 102 cm³/mol. The highest BCUT2D eigenvalue weighted by Crippen LogP contribution is 2.15. The Morgan fingerprint density at radius 1 is 1.08 bits per heavy atom. The number of furan rings is 1. The highest BCUT2D eigenvalue weighted by molar-refractivity contribution is 7.12. The van der Waals surface area contributed by atoms with Gasteiger partial charge < -0.3 is 9.73 Å². The zero-order valence-corrected chi connectivity index (χ0v) is 15.1. The third-order valence-electron chi connectivity index (χ3n) is 3.73. The summed E-state index contributed by atoms with van der Waals surface area (Å²) in [7, 11) is 0. The van der Waals surface area contributed by atoms with Crippen molar-refractivity contribution in [2.75, 3.05) is 5.32 Å². The summed E-state index contributed by atoms with van der Waals surface area (Å²) in [5.74, 6) is 0.0810. The van der Waals surface area contributed by atoms with Gasteiger partial charge in [0.1, 0.15) is 5.76 Å². The highest BCUT2D eigenvalue weighted by Gasteiger charge is 2.11. The first kappa shape index (κ1) is 17.6. The zero-order chi connectivity index (χ0) is 18.5. The number of hydrazone groups is 1. The van der Waals surface area contributed by atoms with Crippen molar-refractivity contribution in [3.05, 3.63) is 75.9 Å². The number of nitrogens with one attached hydrogen (secondary N) is 2. The number of carbonyl (C=O) groups excluding carboxylic acids is 2. The molecule has 26 heavy (non-hydrogen) atoms. The maximum atomic E-state index is 12.0. The van der Waals surface area contributed by atoms with Crippen molar-refractivity contribution in [3.8, 4) is 0 Å². The van der Waals surface area contributed by atoms with Gasteiger partial charge in [-0.25, -0.2) is 5.43 Å². The van der Waals surface area contributed by atoms with Crippen molar-refractivity contribution >= 4 is 34.6 Å². The number of anilines is 1. The monoisotopic (exact) mass is 367 g/mol. The van der Waals surface area contributed by atoms with Crippen molar-refractivity contribution in [1.29, 1.82) is 0 Å². The van der Waals surface area contributed by atoms with Crippen LogP contribution in [0.4, 0.5) is 5.69 Å². The summed E-state index contributed by atoms with van der Waals surface area (Å²) in [5, 5.41) is 8.81. The number of aryl methyl sites for hydroxylation is 1. The summed E-state index contributed by atoms with van der Waals surface area (Å²) in [5.41, 5.74) is 5.14. The van der Waals surface area contributed by atoms with Crippen LogP contribution in [0.1, 0.15) is 38.3 Å². The molecule has 7 heteroatoms. The lowest BCUT2D eigenvalue weighted by Crippen LogP contribution is -2.19. The van der Waals surface area contributed by atoms with Gasteiger partial charge in [0.2, 0.25) is 0 Å². The molecule has 0 aliphatic heterocycles. The molecule has 0 unspecified atom stereocenters. The first-order valence-electron chi connectivity index (χ1n) is 7.88. The zero-order valence-electron chi connectivity index (χ0n) is 14.3. The molecule has 2 amide bonds. The van der Waals surface area contributed by atoms with Crippen LogP contribution in [-0.4, -0.2) is 17.5 Å². The maximum absolute atomic E-state index is 12.0. The van der Waals surface area contributed by atoms with Gasteiger partial charge in [0.05, 0.1) is 22.4 Å². The summed E-state index contributed by atoms with van der Waals surface area (Å²) < 4.78 is 5.11.